The van der Waals surface area contributed by atoms with Crippen LogP contribution in [0.4, 0.5) is 4.79 Å². The SMILES string of the molecule is CC(C)(C)OC(=O)N[C@@H](Cc1ccccc1)C(=O)N=C1S[C@H]2CS(=O)(=O)C[C@@H]2N1Cc1ccccc1Cl. The lowest BCUT2D eigenvalue weighted by Gasteiger charge is -2.25. The van der Waals surface area contributed by atoms with Gasteiger partial charge in [0.1, 0.15) is 11.6 Å². The van der Waals surface area contributed by atoms with E-state index in [1.165, 1.54) is 11.8 Å². The van der Waals surface area contributed by atoms with Gasteiger partial charge in [0.05, 0.1) is 17.5 Å². The fourth-order valence-corrected chi connectivity index (χ4v) is 8.45. The number of carbonyl (C=O) groups is 2. The van der Waals surface area contributed by atoms with Crippen molar-refractivity contribution in [1.82, 2.24) is 10.2 Å². The maximum Gasteiger partial charge on any atom is 0.408 e. The van der Waals surface area contributed by atoms with Crippen LogP contribution in [0.15, 0.2) is 59.6 Å². The summed E-state index contributed by atoms with van der Waals surface area (Å²) in [4.78, 5) is 32.3. The predicted octanol–water partition coefficient (Wildman–Crippen LogP) is 4.07. The van der Waals surface area contributed by atoms with E-state index in [0.717, 1.165) is 11.1 Å². The number of alkyl carbamates (subject to hydrolysis) is 1. The summed E-state index contributed by atoms with van der Waals surface area (Å²) in [7, 11) is -3.19. The van der Waals surface area contributed by atoms with Crippen LogP contribution in [0.25, 0.3) is 0 Å². The lowest BCUT2D eigenvalue weighted by atomic mass is 10.1. The minimum atomic E-state index is -3.19. The van der Waals surface area contributed by atoms with E-state index >= 15 is 0 Å². The molecule has 3 atom stereocenters. The van der Waals surface area contributed by atoms with Crippen molar-refractivity contribution >= 4 is 50.4 Å². The van der Waals surface area contributed by atoms with Crippen molar-refractivity contribution in [2.75, 3.05) is 11.5 Å². The molecule has 2 fully saturated rings. The lowest BCUT2D eigenvalue weighted by Crippen LogP contribution is -2.45. The molecule has 2 heterocycles. The number of hydrogen-bond donors (Lipinski definition) is 1. The van der Waals surface area contributed by atoms with Crippen LogP contribution in [0.5, 0.6) is 0 Å². The normalized spacial score (nSPS) is 22.5. The number of aliphatic imine (C=N–C) groups is 1. The first-order valence-electron chi connectivity index (χ1n) is 11.9. The molecule has 0 aliphatic carbocycles. The Morgan fingerprint density at radius 2 is 1.81 bits per heavy atom. The summed E-state index contributed by atoms with van der Waals surface area (Å²) in [5, 5.41) is 3.42. The number of nitrogens with one attached hydrogen (secondary N) is 1. The molecule has 198 valence electrons. The molecule has 0 radical (unpaired) electrons. The Labute approximate surface area is 226 Å². The molecule has 4 rings (SSSR count). The topological polar surface area (TPSA) is 105 Å². The van der Waals surface area contributed by atoms with Gasteiger partial charge in [-0.1, -0.05) is 71.9 Å². The Morgan fingerprint density at radius 1 is 1.14 bits per heavy atom. The van der Waals surface area contributed by atoms with Crippen LogP contribution < -0.4 is 5.32 Å². The van der Waals surface area contributed by atoms with Crippen molar-refractivity contribution in [3.05, 3.63) is 70.7 Å². The molecule has 2 aromatic rings. The number of fused-ring (bicyclic) bond motifs is 1. The number of amides is 2. The van der Waals surface area contributed by atoms with Crippen molar-refractivity contribution in [3.8, 4) is 0 Å². The molecule has 8 nitrogen and oxygen atoms in total. The largest absolute Gasteiger partial charge is 0.444 e. The zero-order valence-electron chi connectivity index (χ0n) is 20.9. The number of nitrogens with zero attached hydrogens (tertiary/aromatic N) is 2. The minimum Gasteiger partial charge on any atom is -0.444 e. The van der Waals surface area contributed by atoms with Crippen molar-refractivity contribution in [3.63, 3.8) is 0 Å². The highest BCUT2D eigenvalue weighted by atomic mass is 35.5. The van der Waals surface area contributed by atoms with Gasteiger partial charge >= 0.3 is 6.09 Å². The Bertz CT molecular complexity index is 1290. The van der Waals surface area contributed by atoms with Crippen molar-refractivity contribution in [2.24, 2.45) is 4.99 Å². The number of hydrogen-bond acceptors (Lipinski definition) is 6. The number of rotatable bonds is 6. The molecule has 2 amide bonds. The molecule has 2 aromatic carbocycles. The average molecular weight is 564 g/mol. The van der Waals surface area contributed by atoms with Crippen molar-refractivity contribution < 1.29 is 22.7 Å². The molecule has 0 unspecified atom stereocenters. The molecule has 1 N–H and O–H groups in total. The molecule has 0 bridgehead atoms. The number of thioether (sulfide) groups is 1. The highest BCUT2D eigenvalue weighted by Gasteiger charge is 2.49. The van der Waals surface area contributed by atoms with Gasteiger partial charge in [0.2, 0.25) is 0 Å². The third-order valence-electron chi connectivity index (χ3n) is 5.95. The summed E-state index contributed by atoms with van der Waals surface area (Å²) in [5.41, 5.74) is 0.932. The van der Waals surface area contributed by atoms with E-state index < -0.39 is 33.5 Å². The molecule has 2 aliphatic heterocycles. The summed E-state index contributed by atoms with van der Waals surface area (Å²) in [5.74, 6) is -0.520. The monoisotopic (exact) mass is 563 g/mol. The smallest absolute Gasteiger partial charge is 0.408 e. The number of halogens is 1. The average Bonchev–Trinajstić information content (AvgIpc) is 3.25. The Balaban J connectivity index is 1.62. The first kappa shape index (κ1) is 27.5. The van der Waals surface area contributed by atoms with Gasteiger partial charge in [-0.25, -0.2) is 13.2 Å². The summed E-state index contributed by atoms with van der Waals surface area (Å²) in [6.07, 6.45) is -0.483. The van der Waals surface area contributed by atoms with Gasteiger partial charge < -0.3 is 15.0 Å². The Hall–Kier alpha value is -2.56. The van der Waals surface area contributed by atoms with Gasteiger partial charge in [0.25, 0.3) is 5.91 Å². The molecular formula is C26H30ClN3O5S2. The van der Waals surface area contributed by atoms with E-state index in [1.54, 1.807) is 26.8 Å². The fourth-order valence-electron chi connectivity index (χ4n) is 4.30. The highest BCUT2D eigenvalue weighted by molar-refractivity contribution is 8.15. The van der Waals surface area contributed by atoms with Gasteiger partial charge in [0, 0.05) is 23.2 Å². The van der Waals surface area contributed by atoms with Gasteiger partial charge in [-0.3, -0.25) is 4.79 Å². The van der Waals surface area contributed by atoms with Crippen LogP contribution in [0.2, 0.25) is 5.02 Å². The first-order chi connectivity index (χ1) is 17.4. The predicted molar refractivity (Wildman–Crippen MR) is 147 cm³/mol. The molecule has 2 saturated heterocycles. The second-order valence-corrected chi connectivity index (χ2v) is 13.9. The summed E-state index contributed by atoms with van der Waals surface area (Å²) < 4.78 is 30.1. The first-order valence-corrected chi connectivity index (χ1v) is 15.0. The van der Waals surface area contributed by atoms with Crippen LogP contribution in [-0.4, -0.2) is 64.9 Å². The third kappa shape index (κ3) is 7.27. The number of sulfone groups is 1. The number of carbonyl (C=O) groups excluding carboxylic acids is 2. The van der Waals surface area contributed by atoms with E-state index in [2.05, 4.69) is 10.3 Å². The molecule has 11 heteroatoms. The molecular weight excluding hydrogens is 534 g/mol. The van der Waals surface area contributed by atoms with Crippen LogP contribution in [0.3, 0.4) is 0 Å². The third-order valence-corrected chi connectivity index (χ3v) is 9.57. The highest BCUT2D eigenvalue weighted by Crippen LogP contribution is 2.39. The number of benzene rings is 2. The van der Waals surface area contributed by atoms with Gasteiger partial charge in [-0.05, 0) is 38.0 Å². The van der Waals surface area contributed by atoms with Crippen molar-refractivity contribution in [2.45, 2.75) is 56.7 Å². The molecule has 37 heavy (non-hydrogen) atoms. The standard InChI is InChI=1S/C26H30ClN3O5S2/c1-26(2,3)35-25(32)28-20(13-17-9-5-4-6-10-17)23(31)29-24-30(14-18-11-7-8-12-19(18)27)21-15-37(33,34)16-22(21)36-24/h4-12,20-22H,13-16H2,1-3H3,(H,28,32)/t20-,21-,22-/m0/s1. The van der Waals surface area contributed by atoms with E-state index in [4.69, 9.17) is 16.3 Å². The van der Waals surface area contributed by atoms with Crippen LogP contribution in [0, 0.1) is 0 Å². The van der Waals surface area contributed by atoms with Crippen LogP contribution in [-0.2, 0) is 32.3 Å². The maximum absolute atomic E-state index is 13.5. The van der Waals surface area contributed by atoms with Crippen LogP contribution >= 0.6 is 23.4 Å². The summed E-state index contributed by atoms with van der Waals surface area (Å²) in [6.45, 7) is 5.55. The van der Waals surface area contributed by atoms with Crippen molar-refractivity contribution in [1.29, 1.82) is 0 Å². The number of amidine groups is 1. The quantitative estimate of drug-likeness (QED) is 0.564. The van der Waals surface area contributed by atoms with E-state index in [0.29, 0.717) is 16.7 Å². The molecule has 0 saturated carbocycles. The molecule has 0 spiro atoms. The fraction of sp³-hybridized carbons (Fsp3) is 0.423. The lowest BCUT2D eigenvalue weighted by molar-refractivity contribution is -0.119. The van der Waals surface area contributed by atoms with E-state index in [1.807, 2.05) is 53.4 Å². The van der Waals surface area contributed by atoms with Gasteiger partial charge in [0.15, 0.2) is 15.0 Å². The van der Waals surface area contributed by atoms with Crippen LogP contribution in [0.1, 0.15) is 31.9 Å². The molecule has 2 aliphatic rings. The Kier molecular flexibility index (Phi) is 8.20. The second kappa shape index (κ2) is 11.0. The second-order valence-electron chi connectivity index (χ2n) is 10.1. The summed E-state index contributed by atoms with van der Waals surface area (Å²) in [6, 6.07) is 15.4. The van der Waals surface area contributed by atoms with E-state index in [-0.39, 0.29) is 29.2 Å². The maximum atomic E-state index is 13.5. The Morgan fingerprint density at radius 3 is 2.49 bits per heavy atom. The van der Waals surface area contributed by atoms with Gasteiger partial charge in [-0.2, -0.15) is 4.99 Å². The van der Waals surface area contributed by atoms with Gasteiger partial charge in [-0.15, -0.1) is 0 Å². The zero-order chi connectivity index (χ0) is 26.8. The summed E-state index contributed by atoms with van der Waals surface area (Å²) >= 11 is 7.67. The molecule has 0 aromatic heterocycles. The minimum absolute atomic E-state index is 0.00800. The zero-order valence-corrected chi connectivity index (χ0v) is 23.3. The number of ether oxygens (including phenoxy) is 1. The van der Waals surface area contributed by atoms with E-state index in [9.17, 15) is 18.0 Å².